The lowest BCUT2D eigenvalue weighted by Gasteiger charge is -2.07. The molecule has 2 heterocycles. The van der Waals surface area contributed by atoms with Crippen LogP contribution in [-0.4, -0.2) is 20.6 Å². The lowest BCUT2D eigenvalue weighted by atomic mass is 10.1. The van der Waals surface area contributed by atoms with Crippen molar-refractivity contribution < 1.29 is 9.72 Å². The first-order chi connectivity index (χ1) is 13.9. The van der Waals surface area contributed by atoms with Gasteiger partial charge in [0.15, 0.2) is 0 Å². The minimum atomic E-state index is -0.452. The third kappa shape index (κ3) is 3.62. The van der Waals surface area contributed by atoms with Crippen LogP contribution in [0.15, 0.2) is 54.6 Å². The second kappa shape index (κ2) is 7.48. The summed E-state index contributed by atoms with van der Waals surface area (Å²) in [6.45, 7) is 4.17. The number of nitrogens with one attached hydrogen (secondary N) is 1. The van der Waals surface area contributed by atoms with Gasteiger partial charge in [0, 0.05) is 11.5 Å². The van der Waals surface area contributed by atoms with Crippen LogP contribution in [0.3, 0.4) is 0 Å². The Kier molecular flexibility index (Phi) is 4.85. The van der Waals surface area contributed by atoms with Gasteiger partial charge in [-0.1, -0.05) is 36.4 Å². The van der Waals surface area contributed by atoms with E-state index in [4.69, 9.17) is 0 Å². The molecule has 0 saturated heterocycles. The van der Waals surface area contributed by atoms with Crippen molar-refractivity contribution in [2.75, 3.05) is 5.32 Å². The first-order valence-corrected chi connectivity index (χ1v) is 9.82. The number of nitrogens with zero attached hydrogens (tertiary/aromatic N) is 3. The Morgan fingerprint density at radius 1 is 1.17 bits per heavy atom. The van der Waals surface area contributed by atoms with Crippen LogP contribution in [0.5, 0.6) is 0 Å². The van der Waals surface area contributed by atoms with Gasteiger partial charge in [-0.15, -0.1) is 11.3 Å². The fraction of sp³-hybridized carbons (Fsp3) is 0.143. The highest BCUT2D eigenvalue weighted by Gasteiger charge is 2.19. The molecule has 0 fully saturated rings. The van der Waals surface area contributed by atoms with Crippen molar-refractivity contribution in [3.8, 4) is 0 Å². The summed E-state index contributed by atoms with van der Waals surface area (Å²) in [5.74, 6) is -0.291. The second-order valence-electron chi connectivity index (χ2n) is 6.72. The molecule has 2 aromatic carbocycles. The van der Waals surface area contributed by atoms with Gasteiger partial charge in [-0.05, 0) is 31.5 Å². The molecule has 4 rings (SSSR count). The van der Waals surface area contributed by atoms with Crippen LogP contribution in [0.2, 0.25) is 0 Å². The normalized spacial score (nSPS) is 11.0. The van der Waals surface area contributed by atoms with E-state index in [9.17, 15) is 14.9 Å². The van der Waals surface area contributed by atoms with Gasteiger partial charge in [0.25, 0.3) is 11.6 Å². The quantitative estimate of drug-likeness (QED) is 0.376. The van der Waals surface area contributed by atoms with Gasteiger partial charge in [-0.25, -0.2) is 0 Å². The minimum Gasteiger partial charge on any atom is -0.321 e. The van der Waals surface area contributed by atoms with Crippen LogP contribution >= 0.6 is 11.3 Å². The maximum Gasteiger partial charge on any atom is 0.274 e. The number of nitro benzene ring substituents is 1. The molecular weight excluding hydrogens is 388 g/mol. The van der Waals surface area contributed by atoms with E-state index < -0.39 is 4.92 Å². The largest absolute Gasteiger partial charge is 0.321 e. The average molecular weight is 406 g/mol. The van der Waals surface area contributed by atoms with E-state index in [0.29, 0.717) is 22.7 Å². The summed E-state index contributed by atoms with van der Waals surface area (Å²) in [4.78, 5) is 24.9. The molecule has 146 valence electrons. The van der Waals surface area contributed by atoms with E-state index >= 15 is 0 Å². The smallest absolute Gasteiger partial charge is 0.274 e. The highest BCUT2D eigenvalue weighted by atomic mass is 32.1. The number of carbonyl (C=O) groups excluding carboxylic acids is 1. The van der Waals surface area contributed by atoms with Crippen molar-refractivity contribution in [1.29, 1.82) is 0 Å². The molecule has 0 aliphatic carbocycles. The second-order valence-corrected chi connectivity index (χ2v) is 7.75. The van der Waals surface area contributed by atoms with Crippen molar-refractivity contribution in [3.63, 3.8) is 0 Å². The highest BCUT2D eigenvalue weighted by molar-refractivity contribution is 7.20. The fourth-order valence-corrected chi connectivity index (χ4v) is 4.28. The zero-order valence-electron chi connectivity index (χ0n) is 15.9. The molecule has 0 aliphatic heterocycles. The Labute approximate surface area is 170 Å². The minimum absolute atomic E-state index is 0.0199. The third-order valence-corrected chi connectivity index (χ3v) is 5.90. The predicted molar refractivity (Wildman–Crippen MR) is 114 cm³/mol. The average Bonchev–Trinajstić information content (AvgIpc) is 3.26. The van der Waals surface area contributed by atoms with Crippen molar-refractivity contribution in [1.82, 2.24) is 9.78 Å². The molecule has 29 heavy (non-hydrogen) atoms. The molecule has 0 bridgehead atoms. The van der Waals surface area contributed by atoms with Crippen molar-refractivity contribution in [2.45, 2.75) is 20.4 Å². The number of anilines is 1. The van der Waals surface area contributed by atoms with Crippen LogP contribution in [0.1, 0.15) is 26.5 Å². The number of benzene rings is 2. The summed E-state index contributed by atoms with van der Waals surface area (Å²) >= 11 is 1.36. The Morgan fingerprint density at radius 2 is 1.93 bits per heavy atom. The van der Waals surface area contributed by atoms with E-state index in [-0.39, 0.29) is 11.6 Å². The van der Waals surface area contributed by atoms with Crippen LogP contribution in [0.25, 0.3) is 10.2 Å². The van der Waals surface area contributed by atoms with Gasteiger partial charge in [0.2, 0.25) is 0 Å². The molecule has 8 heteroatoms. The zero-order chi connectivity index (χ0) is 20.5. The highest BCUT2D eigenvalue weighted by Crippen LogP contribution is 2.31. The maximum atomic E-state index is 12.8. The molecule has 0 saturated carbocycles. The van der Waals surface area contributed by atoms with Crippen molar-refractivity contribution in [2.24, 2.45) is 0 Å². The van der Waals surface area contributed by atoms with E-state index in [1.54, 1.807) is 19.1 Å². The number of hydrogen-bond donors (Lipinski definition) is 1. The first-order valence-electron chi connectivity index (χ1n) is 9.00. The summed E-state index contributed by atoms with van der Waals surface area (Å²) in [6.07, 6.45) is 0. The van der Waals surface area contributed by atoms with Gasteiger partial charge < -0.3 is 5.32 Å². The molecule has 0 radical (unpaired) electrons. The molecule has 0 unspecified atom stereocenters. The number of thiophene rings is 1. The lowest BCUT2D eigenvalue weighted by Crippen LogP contribution is -2.11. The van der Waals surface area contributed by atoms with E-state index in [1.165, 1.54) is 17.4 Å². The van der Waals surface area contributed by atoms with Crippen LogP contribution in [0, 0.1) is 24.0 Å². The number of aromatic nitrogens is 2. The molecule has 1 N–H and O–H groups in total. The number of aryl methyl sites for hydroxylation is 1. The monoisotopic (exact) mass is 406 g/mol. The third-order valence-electron chi connectivity index (χ3n) is 4.76. The standard InChI is InChI=1S/C21H18N4O3S/c1-13-17(9-6-10-18(13)25(27)28)22-20(26)19-11-16-14(2)23-24(21(16)29-19)12-15-7-4-3-5-8-15/h3-11H,12H2,1-2H3,(H,22,26). The van der Waals surface area contributed by atoms with Gasteiger partial charge in [0.1, 0.15) is 4.83 Å². The summed E-state index contributed by atoms with van der Waals surface area (Å²) in [5.41, 5.74) is 2.83. The Bertz CT molecular complexity index is 1230. The molecule has 2 aromatic heterocycles. The Balaban J connectivity index is 1.63. The van der Waals surface area contributed by atoms with Gasteiger partial charge >= 0.3 is 0 Å². The van der Waals surface area contributed by atoms with E-state index in [0.717, 1.165) is 21.5 Å². The van der Waals surface area contributed by atoms with Crippen LogP contribution in [0.4, 0.5) is 11.4 Å². The summed E-state index contributed by atoms with van der Waals surface area (Å²) in [7, 11) is 0. The number of rotatable bonds is 5. The summed E-state index contributed by atoms with van der Waals surface area (Å²) in [6, 6.07) is 16.5. The Hall–Kier alpha value is -3.52. The SMILES string of the molecule is Cc1c(NC(=O)c2cc3c(C)nn(Cc4ccccc4)c3s2)cccc1[N+](=O)[O-]. The number of amides is 1. The predicted octanol–water partition coefficient (Wildman–Crippen LogP) is 4.92. The molecule has 0 aliphatic rings. The van der Waals surface area contributed by atoms with Gasteiger partial charge in [-0.3, -0.25) is 19.6 Å². The number of fused-ring (bicyclic) bond motifs is 1. The van der Waals surface area contributed by atoms with Gasteiger partial charge in [-0.2, -0.15) is 5.10 Å². The first kappa shape index (κ1) is 18.8. The maximum absolute atomic E-state index is 12.8. The van der Waals surface area contributed by atoms with Crippen LogP contribution in [-0.2, 0) is 6.54 Å². The summed E-state index contributed by atoms with van der Waals surface area (Å²) in [5, 5.41) is 19.5. The molecule has 4 aromatic rings. The van der Waals surface area contributed by atoms with Crippen molar-refractivity contribution >= 4 is 38.8 Å². The number of carbonyl (C=O) groups is 1. The summed E-state index contributed by atoms with van der Waals surface area (Å²) < 4.78 is 1.90. The fourth-order valence-electron chi connectivity index (χ4n) is 3.23. The lowest BCUT2D eigenvalue weighted by molar-refractivity contribution is -0.385. The molecule has 0 atom stereocenters. The van der Waals surface area contributed by atoms with Crippen LogP contribution < -0.4 is 5.32 Å². The topological polar surface area (TPSA) is 90.1 Å². The Morgan fingerprint density at radius 3 is 2.66 bits per heavy atom. The molecule has 0 spiro atoms. The van der Waals surface area contributed by atoms with E-state index in [1.807, 2.05) is 48.0 Å². The van der Waals surface area contributed by atoms with E-state index in [2.05, 4.69) is 10.4 Å². The van der Waals surface area contributed by atoms with Gasteiger partial charge in [0.05, 0.1) is 33.3 Å². The molecule has 7 nitrogen and oxygen atoms in total. The molecule has 1 amide bonds. The van der Waals surface area contributed by atoms with Crippen molar-refractivity contribution in [3.05, 3.63) is 86.4 Å². The molecular formula is C21H18N4O3S. The number of nitro groups is 1. The zero-order valence-corrected chi connectivity index (χ0v) is 16.7. The number of hydrogen-bond acceptors (Lipinski definition) is 5.